The predicted octanol–water partition coefficient (Wildman–Crippen LogP) is 3.35. The van der Waals surface area contributed by atoms with Crippen LogP contribution < -0.4 is 16.0 Å². The molecule has 22 heavy (non-hydrogen) atoms. The molecule has 7 heteroatoms. The van der Waals surface area contributed by atoms with Gasteiger partial charge in [-0.2, -0.15) is 0 Å². The van der Waals surface area contributed by atoms with Gasteiger partial charge in [0.15, 0.2) is 0 Å². The molecule has 0 bridgehead atoms. The van der Waals surface area contributed by atoms with Crippen LogP contribution in [0.3, 0.4) is 0 Å². The molecule has 0 unspecified atom stereocenters. The highest BCUT2D eigenvalue weighted by atomic mass is 79.9. The first kappa shape index (κ1) is 16.0. The lowest BCUT2D eigenvalue weighted by molar-refractivity contribution is -0.115. The molecule has 0 spiro atoms. The van der Waals surface area contributed by atoms with E-state index in [1.807, 2.05) is 6.07 Å². The molecule has 0 fully saturated rings. The van der Waals surface area contributed by atoms with Gasteiger partial charge in [0.2, 0.25) is 5.91 Å². The lowest BCUT2D eigenvalue weighted by Crippen LogP contribution is -2.35. The van der Waals surface area contributed by atoms with Gasteiger partial charge >= 0.3 is 6.03 Å². The van der Waals surface area contributed by atoms with Crippen molar-refractivity contribution in [1.82, 2.24) is 5.32 Å². The average molecular weight is 366 g/mol. The first-order valence-electron chi connectivity index (χ1n) is 6.39. The van der Waals surface area contributed by atoms with Crippen molar-refractivity contribution in [2.24, 2.45) is 0 Å². The van der Waals surface area contributed by atoms with Gasteiger partial charge in [0, 0.05) is 15.8 Å². The lowest BCUT2D eigenvalue weighted by atomic mass is 10.3. The maximum Gasteiger partial charge on any atom is 0.319 e. The molecular weight excluding hydrogens is 353 g/mol. The zero-order chi connectivity index (χ0) is 15.9. The molecule has 5 nitrogen and oxygen atoms in total. The molecule has 0 radical (unpaired) electrons. The van der Waals surface area contributed by atoms with E-state index in [1.54, 1.807) is 24.3 Å². The number of benzene rings is 2. The van der Waals surface area contributed by atoms with Crippen molar-refractivity contribution in [1.29, 1.82) is 0 Å². The summed E-state index contributed by atoms with van der Waals surface area (Å²) in [5, 5.41) is 7.49. The number of carbonyl (C=O) groups excluding carboxylic acids is 2. The average Bonchev–Trinajstić information content (AvgIpc) is 2.45. The Labute approximate surface area is 135 Å². The normalized spacial score (nSPS) is 9.91. The minimum Gasteiger partial charge on any atom is -0.329 e. The Kier molecular flexibility index (Phi) is 5.48. The van der Waals surface area contributed by atoms with E-state index < -0.39 is 17.8 Å². The van der Waals surface area contributed by atoms with Crippen LogP contribution in [0.25, 0.3) is 0 Å². The summed E-state index contributed by atoms with van der Waals surface area (Å²) in [5.41, 5.74) is 0.927. The van der Waals surface area contributed by atoms with Crippen molar-refractivity contribution in [2.75, 3.05) is 17.2 Å². The molecule has 0 aromatic heterocycles. The monoisotopic (exact) mass is 365 g/mol. The van der Waals surface area contributed by atoms with Crippen LogP contribution in [0.1, 0.15) is 0 Å². The van der Waals surface area contributed by atoms with Gasteiger partial charge in [-0.25, -0.2) is 9.18 Å². The minimum absolute atomic E-state index is 0.226. The molecule has 2 aromatic carbocycles. The summed E-state index contributed by atoms with van der Waals surface area (Å²) in [6.45, 7) is -0.226. The third kappa shape index (κ3) is 5.17. The number of rotatable bonds is 4. The van der Waals surface area contributed by atoms with Crippen LogP contribution in [0.5, 0.6) is 0 Å². The molecule has 0 heterocycles. The van der Waals surface area contributed by atoms with E-state index in [1.165, 1.54) is 18.2 Å². The van der Waals surface area contributed by atoms with Gasteiger partial charge in [0.25, 0.3) is 0 Å². The second-order valence-corrected chi connectivity index (χ2v) is 5.29. The number of nitrogens with one attached hydrogen (secondary N) is 3. The summed E-state index contributed by atoms with van der Waals surface area (Å²) < 4.78 is 13.8. The van der Waals surface area contributed by atoms with E-state index in [9.17, 15) is 14.0 Å². The predicted molar refractivity (Wildman–Crippen MR) is 86.2 cm³/mol. The Balaban J connectivity index is 1.79. The SMILES string of the molecule is O=C(CNC(=O)Nc1cccc(Br)c1)Nc1cccc(F)c1. The molecule has 2 aromatic rings. The van der Waals surface area contributed by atoms with Crippen LogP contribution in [0.15, 0.2) is 53.0 Å². The first-order chi connectivity index (χ1) is 10.5. The number of hydrogen-bond acceptors (Lipinski definition) is 2. The zero-order valence-electron chi connectivity index (χ0n) is 11.4. The second kappa shape index (κ2) is 7.56. The van der Waals surface area contributed by atoms with Gasteiger partial charge in [-0.15, -0.1) is 0 Å². The first-order valence-corrected chi connectivity index (χ1v) is 7.18. The standard InChI is InChI=1S/C15H13BrFN3O2/c16-10-3-1-5-12(7-10)20-15(22)18-9-14(21)19-13-6-2-4-11(17)8-13/h1-8H,9H2,(H,19,21)(H2,18,20,22). The molecule has 2 rings (SSSR count). The van der Waals surface area contributed by atoms with E-state index in [2.05, 4.69) is 31.9 Å². The molecule has 0 aliphatic rings. The number of amides is 3. The molecule has 3 amide bonds. The Morgan fingerprint density at radius 2 is 1.68 bits per heavy atom. The van der Waals surface area contributed by atoms with E-state index in [-0.39, 0.29) is 6.54 Å². The molecule has 114 valence electrons. The van der Waals surface area contributed by atoms with Crippen molar-refractivity contribution in [2.45, 2.75) is 0 Å². The molecule has 0 saturated heterocycles. The minimum atomic E-state index is -0.507. The maximum absolute atomic E-state index is 13.0. The molecule has 0 atom stereocenters. The Morgan fingerprint density at radius 3 is 2.36 bits per heavy atom. The number of carbonyl (C=O) groups is 2. The van der Waals surface area contributed by atoms with Crippen LogP contribution in [-0.2, 0) is 4.79 Å². The van der Waals surface area contributed by atoms with E-state index in [0.29, 0.717) is 11.4 Å². The highest BCUT2D eigenvalue weighted by molar-refractivity contribution is 9.10. The molecule has 0 aliphatic carbocycles. The smallest absolute Gasteiger partial charge is 0.319 e. The van der Waals surface area contributed by atoms with E-state index in [0.717, 1.165) is 4.47 Å². The molecule has 0 aliphatic heterocycles. The van der Waals surface area contributed by atoms with Crippen molar-refractivity contribution in [3.63, 3.8) is 0 Å². The summed E-state index contributed by atoms with van der Waals surface area (Å²) >= 11 is 3.29. The number of anilines is 2. The van der Waals surface area contributed by atoms with Gasteiger partial charge in [0.1, 0.15) is 5.82 Å². The zero-order valence-corrected chi connectivity index (χ0v) is 13.0. The van der Waals surface area contributed by atoms with Crippen LogP contribution in [0.2, 0.25) is 0 Å². The van der Waals surface area contributed by atoms with E-state index >= 15 is 0 Å². The van der Waals surface area contributed by atoms with Crippen LogP contribution in [0, 0.1) is 5.82 Å². The van der Waals surface area contributed by atoms with Crippen molar-refractivity contribution in [3.8, 4) is 0 Å². The molecular formula is C15H13BrFN3O2. The maximum atomic E-state index is 13.0. The quantitative estimate of drug-likeness (QED) is 0.777. The van der Waals surface area contributed by atoms with Gasteiger partial charge < -0.3 is 16.0 Å². The summed E-state index contributed by atoms with van der Waals surface area (Å²) in [6, 6.07) is 12.1. The highest BCUT2D eigenvalue weighted by Crippen LogP contribution is 2.15. The van der Waals surface area contributed by atoms with Crippen LogP contribution in [0.4, 0.5) is 20.6 Å². The van der Waals surface area contributed by atoms with Gasteiger partial charge in [-0.1, -0.05) is 28.1 Å². The molecule has 0 saturated carbocycles. The fourth-order valence-electron chi connectivity index (χ4n) is 1.67. The Bertz CT molecular complexity index is 634. The fourth-order valence-corrected chi connectivity index (χ4v) is 2.07. The van der Waals surface area contributed by atoms with Gasteiger partial charge in [-0.3, -0.25) is 4.79 Å². The molecule has 3 N–H and O–H groups in total. The number of urea groups is 1. The van der Waals surface area contributed by atoms with Gasteiger partial charge in [0.05, 0.1) is 6.54 Å². The Hall–Kier alpha value is -2.41. The van der Waals surface area contributed by atoms with Crippen LogP contribution in [-0.4, -0.2) is 18.5 Å². The number of hydrogen-bond donors (Lipinski definition) is 3. The highest BCUT2D eigenvalue weighted by Gasteiger charge is 2.06. The van der Waals surface area contributed by atoms with Gasteiger partial charge in [-0.05, 0) is 36.4 Å². The van der Waals surface area contributed by atoms with Crippen LogP contribution >= 0.6 is 15.9 Å². The largest absolute Gasteiger partial charge is 0.329 e. The topological polar surface area (TPSA) is 70.2 Å². The third-order valence-electron chi connectivity index (χ3n) is 2.60. The van der Waals surface area contributed by atoms with Crippen molar-refractivity contribution < 1.29 is 14.0 Å². The Morgan fingerprint density at radius 1 is 1.00 bits per heavy atom. The summed E-state index contributed by atoms with van der Waals surface area (Å²) in [5.74, 6) is -0.895. The summed E-state index contributed by atoms with van der Waals surface area (Å²) in [6.07, 6.45) is 0. The van der Waals surface area contributed by atoms with Crippen molar-refractivity contribution in [3.05, 3.63) is 58.8 Å². The summed E-state index contributed by atoms with van der Waals surface area (Å²) in [7, 11) is 0. The summed E-state index contributed by atoms with van der Waals surface area (Å²) in [4.78, 5) is 23.3. The second-order valence-electron chi connectivity index (χ2n) is 4.38. The van der Waals surface area contributed by atoms with Crippen molar-refractivity contribution >= 4 is 39.2 Å². The number of halogens is 2. The lowest BCUT2D eigenvalue weighted by Gasteiger charge is -2.08. The van der Waals surface area contributed by atoms with E-state index in [4.69, 9.17) is 0 Å². The fraction of sp³-hybridized carbons (Fsp3) is 0.0667. The third-order valence-corrected chi connectivity index (χ3v) is 3.09.